The largest absolute Gasteiger partial charge is 0.387 e. The van der Waals surface area contributed by atoms with E-state index >= 15 is 0 Å². The summed E-state index contributed by atoms with van der Waals surface area (Å²) in [7, 11) is 0. The van der Waals surface area contributed by atoms with Crippen LogP contribution < -0.4 is 16.8 Å². The van der Waals surface area contributed by atoms with Crippen molar-refractivity contribution in [3.63, 3.8) is 0 Å². The molecule has 1 rings (SSSR count). The Balaban J connectivity index is 0.000000494. The number of rotatable bonds is 6. The molecule has 0 bridgehead atoms. The van der Waals surface area contributed by atoms with E-state index in [1.807, 2.05) is 0 Å². The van der Waals surface area contributed by atoms with Crippen LogP contribution in [0.5, 0.6) is 0 Å². The van der Waals surface area contributed by atoms with E-state index < -0.39 is 0 Å². The molecule has 1 aromatic heterocycles. The molecular formula is C11H23N5OS. The third-order valence-electron chi connectivity index (χ3n) is 2.10. The summed E-state index contributed by atoms with van der Waals surface area (Å²) in [5, 5.41) is 6.71. The first-order valence-electron chi connectivity index (χ1n) is 6.23. The van der Waals surface area contributed by atoms with Crippen LogP contribution in [0.1, 0.15) is 50.0 Å². The predicted octanol–water partition coefficient (Wildman–Crippen LogP) is 1.40. The van der Waals surface area contributed by atoms with Crippen molar-refractivity contribution in [3.8, 4) is 0 Å². The summed E-state index contributed by atoms with van der Waals surface area (Å²) in [6.45, 7) is 5.70. The maximum Gasteiger partial charge on any atom is 0.274 e. The van der Waals surface area contributed by atoms with Gasteiger partial charge in [-0.3, -0.25) is 4.79 Å². The van der Waals surface area contributed by atoms with Gasteiger partial charge in [0.1, 0.15) is 5.00 Å². The minimum Gasteiger partial charge on any atom is -0.387 e. The van der Waals surface area contributed by atoms with Crippen LogP contribution in [-0.2, 0) is 0 Å². The van der Waals surface area contributed by atoms with Gasteiger partial charge in [0.05, 0.1) is 0 Å². The van der Waals surface area contributed by atoms with E-state index in [1.54, 1.807) is 0 Å². The first kappa shape index (κ1) is 16.8. The van der Waals surface area contributed by atoms with Gasteiger partial charge in [-0.1, -0.05) is 31.2 Å². The third kappa shape index (κ3) is 7.18. The molecule has 1 aromatic rings. The molecule has 0 aliphatic carbocycles. The molecule has 0 aliphatic rings. The Morgan fingerprint density at radius 2 is 2.00 bits per heavy atom. The van der Waals surface area contributed by atoms with Gasteiger partial charge >= 0.3 is 0 Å². The molecule has 6 nitrogen and oxygen atoms in total. The Bertz CT molecular complexity index is 327. The van der Waals surface area contributed by atoms with Crippen LogP contribution in [0.25, 0.3) is 0 Å². The lowest BCUT2D eigenvalue weighted by molar-refractivity contribution is 0.0949. The Hall–Kier alpha value is -1.21. The summed E-state index contributed by atoms with van der Waals surface area (Å²) in [5.74, 6) is -0.236. The number of amides is 1. The van der Waals surface area contributed by atoms with E-state index in [0.717, 1.165) is 30.9 Å². The van der Waals surface area contributed by atoms with Gasteiger partial charge in [0, 0.05) is 18.1 Å². The second-order valence-corrected chi connectivity index (χ2v) is 4.52. The molecule has 0 spiro atoms. The van der Waals surface area contributed by atoms with E-state index in [1.165, 1.54) is 12.8 Å². The van der Waals surface area contributed by atoms with Gasteiger partial charge in [-0.05, 0) is 19.4 Å². The highest BCUT2D eigenvalue weighted by Crippen LogP contribution is 2.11. The Kier molecular flexibility index (Phi) is 10.2. The Labute approximate surface area is 112 Å². The van der Waals surface area contributed by atoms with E-state index in [2.05, 4.69) is 28.8 Å². The van der Waals surface area contributed by atoms with Crippen LogP contribution in [-0.4, -0.2) is 28.6 Å². The molecule has 0 aromatic carbocycles. The van der Waals surface area contributed by atoms with Crippen LogP contribution in [0.4, 0.5) is 5.00 Å². The molecule has 0 saturated heterocycles. The lowest BCUT2D eigenvalue weighted by atomic mass is 10.3. The van der Waals surface area contributed by atoms with Crippen LogP contribution in [0.3, 0.4) is 0 Å². The van der Waals surface area contributed by atoms with Gasteiger partial charge in [0.15, 0.2) is 5.69 Å². The molecule has 5 N–H and O–H groups in total. The number of nitrogens with one attached hydrogen (secondary N) is 1. The minimum absolute atomic E-state index is 0.236. The Morgan fingerprint density at radius 3 is 2.39 bits per heavy atom. The highest BCUT2D eigenvalue weighted by atomic mass is 32.1. The van der Waals surface area contributed by atoms with E-state index in [0.29, 0.717) is 11.5 Å². The topological polar surface area (TPSA) is 107 Å². The fourth-order valence-corrected chi connectivity index (χ4v) is 1.45. The molecular weight excluding hydrogens is 250 g/mol. The van der Waals surface area contributed by atoms with Crippen molar-refractivity contribution in [2.24, 2.45) is 5.73 Å². The predicted molar refractivity (Wildman–Crippen MR) is 75.5 cm³/mol. The summed E-state index contributed by atoms with van der Waals surface area (Å²) >= 11 is 1.03. The zero-order valence-electron chi connectivity index (χ0n) is 11.1. The average molecular weight is 273 g/mol. The number of nitrogens with zero attached hydrogens (tertiary/aromatic N) is 2. The van der Waals surface area contributed by atoms with Crippen molar-refractivity contribution >= 4 is 22.4 Å². The van der Waals surface area contributed by atoms with Crippen molar-refractivity contribution in [1.82, 2.24) is 14.9 Å². The number of carbonyl (C=O) groups is 1. The number of anilines is 1. The summed E-state index contributed by atoms with van der Waals surface area (Å²) in [5.41, 5.74) is 10.9. The van der Waals surface area contributed by atoms with Crippen LogP contribution >= 0.6 is 11.5 Å². The second-order valence-electron chi connectivity index (χ2n) is 3.74. The first-order valence-corrected chi connectivity index (χ1v) is 7.00. The molecule has 0 fully saturated rings. The smallest absolute Gasteiger partial charge is 0.274 e. The highest BCUT2D eigenvalue weighted by Gasteiger charge is 2.12. The fourth-order valence-electron chi connectivity index (χ4n) is 1.02. The number of aromatic nitrogens is 2. The maximum absolute atomic E-state index is 11.3. The summed E-state index contributed by atoms with van der Waals surface area (Å²) in [6, 6.07) is 0. The number of nitrogen functional groups attached to an aromatic ring is 1. The molecule has 0 aliphatic heterocycles. The van der Waals surface area contributed by atoms with Gasteiger partial charge in [-0.25, -0.2) is 0 Å². The maximum atomic E-state index is 11.3. The lowest BCUT2D eigenvalue weighted by Crippen LogP contribution is -2.25. The van der Waals surface area contributed by atoms with Crippen molar-refractivity contribution in [3.05, 3.63) is 5.69 Å². The van der Waals surface area contributed by atoms with Gasteiger partial charge in [-0.2, -0.15) is 0 Å². The van der Waals surface area contributed by atoms with Crippen molar-refractivity contribution < 1.29 is 4.79 Å². The van der Waals surface area contributed by atoms with Gasteiger partial charge in [0.25, 0.3) is 5.91 Å². The molecule has 1 amide bonds. The lowest BCUT2D eigenvalue weighted by Gasteiger charge is -2.00. The quantitative estimate of drug-likeness (QED) is 0.679. The molecule has 1 heterocycles. The fraction of sp³-hybridized carbons (Fsp3) is 0.727. The average Bonchev–Trinajstić information content (AvgIpc) is 2.77. The molecule has 18 heavy (non-hydrogen) atoms. The number of unbranched alkanes of at least 4 members (excludes halogenated alkanes) is 2. The molecule has 0 saturated carbocycles. The van der Waals surface area contributed by atoms with Gasteiger partial charge in [0.2, 0.25) is 0 Å². The second kappa shape index (κ2) is 10.9. The van der Waals surface area contributed by atoms with Gasteiger partial charge in [-0.15, -0.1) is 5.10 Å². The van der Waals surface area contributed by atoms with E-state index in [-0.39, 0.29) is 11.6 Å². The van der Waals surface area contributed by atoms with Crippen LogP contribution in [0, 0.1) is 0 Å². The standard InChI is InChI=1S/C7H12N4OS.C4H11N/c1-2-3-4-9-7(12)5-6(8)13-11-10-5;1-2-3-4-5/h2-4,8H2,1H3,(H,9,12);2-5H2,1H3. The normalized spacial score (nSPS) is 9.50. The van der Waals surface area contributed by atoms with Crippen LogP contribution in [0.15, 0.2) is 0 Å². The molecule has 7 heteroatoms. The summed E-state index contributed by atoms with van der Waals surface area (Å²) in [6.07, 6.45) is 4.39. The van der Waals surface area contributed by atoms with Crippen molar-refractivity contribution in [2.45, 2.75) is 39.5 Å². The monoisotopic (exact) mass is 273 g/mol. The highest BCUT2D eigenvalue weighted by molar-refractivity contribution is 7.10. The number of nitrogens with two attached hydrogens (primary N) is 2. The van der Waals surface area contributed by atoms with Gasteiger partial charge < -0.3 is 16.8 Å². The number of carbonyl (C=O) groups excluding carboxylic acids is 1. The molecule has 104 valence electrons. The minimum atomic E-state index is -0.236. The molecule has 0 radical (unpaired) electrons. The summed E-state index contributed by atoms with van der Waals surface area (Å²) < 4.78 is 3.58. The Morgan fingerprint density at radius 1 is 1.33 bits per heavy atom. The third-order valence-corrected chi connectivity index (χ3v) is 2.66. The SMILES string of the molecule is CCCCN.CCCCNC(=O)c1nnsc1N. The molecule has 0 atom stereocenters. The van der Waals surface area contributed by atoms with E-state index in [4.69, 9.17) is 11.5 Å². The summed E-state index contributed by atoms with van der Waals surface area (Å²) in [4.78, 5) is 11.3. The molecule has 0 unspecified atom stereocenters. The van der Waals surface area contributed by atoms with Crippen molar-refractivity contribution in [2.75, 3.05) is 18.8 Å². The van der Waals surface area contributed by atoms with E-state index in [9.17, 15) is 4.79 Å². The van der Waals surface area contributed by atoms with Crippen molar-refractivity contribution in [1.29, 1.82) is 0 Å². The van der Waals surface area contributed by atoms with Crippen LogP contribution in [0.2, 0.25) is 0 Å². The first-order chi connectivity index (χ1) is 8.67. The zero-order chi connectivity index (χ0) is 13.8. The number of hydrogen-bond donors (Lipinski definition) is 3. The number of hydrogen-bond acceptors (Lipinski definition) is 6. The zero-order valence-corrected chi connectivity index (χ0v) is 11.9.